The first kappa shape index (κ1) is 20.7. The number of amides is 1. The first-order chi connectivity index (χ1) is 13.6. The van der Waals surface area contributed by atoms with Crippen LogP contribution in [0.2, 0.25) is 0 Å². The van der Waals surface area contributed by atoms with Gasteiger partial charge in [-0.15, -0.1) is 0 Å². The van der Waals surface area contributed by atoms with E-state index in [1.54, 1.807) is 0 Å². The van der Waals surface area contributed by atoms with Crippen molar-refractivity contribution < 1.29 is 14.3 Å². The molecule has 0 aliphatic heterocycles. The highest BCUT2D eigenvalue weighted by atomic mass is 16.5. The quantitative estimate of drug-likeness (QED) is 0.589. The maximum Gasteiger partial charge on any atom is 0.256 e. The van der Waals surface area contributed by atoms with Gasteiger partial charge in [0.1, 0.15) is 11.4 Å². The summed E-state index contributed by atoms with van der Waals surface area (Å²) in [6.07, 6.45) is 7.10. The van der Waals surface area contributed by atoms with Gasteiger partial charge in [0.15, 0.2) is 0 Å². The molecule has 2 aromatic carbocycles. The van der Waals surface area contributed by atoms with Crippen LogP contribution >= 0.6 is 0 Å². The Hall–Kier alpha value is -2.07. The minimum atomic E-state index is -0.710. The molecule has 1 atom stereocenters. The summed E-state index contributed by atoms with van der Waals surface area (Å²) in [5, 5.41) is 5.20. The number of carbonyl (C=O) groups is 1. The Bertz CT molecular complexity index is 794. The van der Waals surface area contributed by atoms with E-state index >= 15 is 0 Å². The molecule has 1 aliphatic carbocycles. The van der Waals surface area contributed by atoms with E-state index in [-0.39, 0.29) is 12.0 Å². The summed E-state index contributed by atoms with van der Waals surface area (Å²) in [4.78, 5) is 13.3. The lowest BCUT2D eigenvalue weighted by atomic mass is 9.92. The summed E-state index contributed by atoms with van der Waals surface area (Å²) in [7, 11) is 0. The molecule has 0 saturated heterocycles. The van der Waals surface area contributed by atoms with Gasteiger partial charge in [-0.2, -0.15) is 0 Å². The van der Waals surface area contributed by atoms with Gasteiger partial charge in [0.25, 0.3) is 5.91 Å². The minimum Gasteiger partial charge on any atom is -0.490 e. The van der Waals surface area contributed by atoms with Crippen LogP contribution in [0.3, 0.4) is 0 Å². The van der Waals surface area contributed by atoms with Crippen LogP contribution in [0.1, 0.15) is 65.7 Å². The highest BCUT2D eigenvalue weighted by molar-refractivity contribution is 6.06. The molecule has 1 amide bonds. The van der Waals surface area contributed by atoms with Crippen molar-refractivity contribution in [1.82, 2.24) is 0 Å². The minimum absolute atomic E-state index is 0.0167. The van der Waals surface area contributed by atoms with E-state index in [1.807, 2.05) is 43.3 Å². The fourth-order valence-corrected chi connectivity index (χ4v) is 4.03. The first-order valence-corrected chi connectivity index (χ1v) is 10.7. The van der Waals surface area contributed by atoms with Gasteiger partial charge in [-0.25, -0.2) is 0 Å². The zero-order chi connectivity index (χ0) is 20.0. The van der Waals surface area contributed by atoms with Gasteiger partial charge in [0.2, 0.25) is 0 Å². The monoisotopic (exact) mass is 383 g/mol. The van der Waals surface area contributed by atoms with E-state index in [1.165, 1.54) is 12.8 Å². The van der Waals surface area contributed by atoms with Crippen molar-refractivity contribution in [3.8, 4) is 5.75 Å². The number of ether oxygens (including phenoxy) is 2. The normalized spacial score (nSPS) is 17.7. The van der Waals surface area contributed by atoms with Gasteiger partial charge in [-0.05, 0) is 45.2 Å². The number of hydrogen-bond acceptors (Lipinski definition) is 3. The molecule has 0 heterocycles. The standard InChI is InChI=1S/C24H33NO3/c1-4-18(3)28-22-15-14-21(19-12-8-9-13-20(19)22)25-23(26)24(27-5-2)16-10-6-7-11-17-24/h8-9,12-15,18H,4-7,10-11,16-17H2,1-3H3,(H,25,26). The fourth-order valence-electron chi connectivity index (χ4n) is 4.03. The van der Waals surface area contributed by atoms with Crippen molar-refractivity contribution in [3.63, 3.8) is 0 Å². The van der Waals surface area contributed by atoms with E-state index in [0.717, 1.165) is 54.3 Å². The van der Waals surface area contributed by atoms with Crippen molar-refractivity contribution in [2.45, 2.75) is 77.4 Å². The van der Waals surface area contributed by atoms with E-state index in [2.05, 4.69) is 19.2 Å². The Morgan fingerprint density at radius 1 is 1.04 bits per heavy atom. The zero-order valence-corrected chi connectivity index (χ0v) is 17.4. The molecule has 1 N–H and O–H groups in total. The van der Waals surface area contributed by atoms with Gasteiger partial charge >= 0.3 is 0 Å². The summed E-state index contributed by atoms with van der Waals surface area (Å²) in [6.45, 7) is 6.70. The molecule has 152 valence electrons. The molecule has 2 aromatic rings. The van der Waals surface area contributed by atoms with Gasteiger partial charge in [-0.1, -0.05) is 56.9 Å². The fraction of sp³-hybridized carbons (Fsp3) is 0.542. The van der Waals surface area contributed by atoms with Crippen LogP contribution in [-0.4, -0.2) is 24.2 Å². The zero-order valence-electron chi connectivity index (χ0n) is 17.4. The second-order valence-electron chi connectivity index (χ2n) is 7.79. The van der Waals surface area contributed by atoms with Crippen molar-refractivity contribution in [2.75, 3.05) is 11.9 Å². The Balaban J connectivity index is 1.91. The molecular weight excluding hydrogens is 350 g/mol. The molecule has 1 fully saturated rings. The summed E-state index contributed by atoms with van der Waals surface area (Å²) in [6, 6.07) is 12.0. The van der Waals surface area contributed by atoms with Crippen molar-refractivity contribution in [1.29, 1.82) is 0 Å². The Morgan fingerprint density at radius 2 is 1.71 bits per heavy atom. The van der Waals surface area contributed by atoms with Crippen LogP contribution in [0.4, 0.5) is 5.69 Å². The summed E-state index contributed by atoms with van der Waals surface area (Å²) < 4.78 is 12.1. The second-order valence-corrected chi connectivity index (χ2v) is 7.79. The number of rotatable bonds is 7. The van der Waals surface area contributed by atoms with Crippen LogP contribution < -0.4 is 10.1 Å². The second kappa shape index (κ2) is 9.42. The van der Waals surface area contributed by atoms with Crippen LogP contribution in [0, 0.1) is 0 Å². The summed E-state index contributed by atoms with van der Waals surface area (Å²) in [5.74, 6) is 0.842. The lowest BCUT2D eigenvalue weighted by Gasteiger charge is -2.31. The average molecular weight is 384 g/mol. The van der Waals surface area contributed by atoms with Gasteiger partial charge in [0, 0.05) is 23.1 Å². The maximum atomic E-state index is 13.3. The van der Waals surface area contributed by atoms with Crippen molar-refractivity contribution >= 4 is 22.4 Å². The Kier molecular flexibility index (Phi) is 6.95. The predicted octanol–water partition coefficient (Wildman–Crippen LogP) is 6.09. The highest BCUT2D eigenvalue weighted by Crippen LogP contribution is 2.35. The van der Waals surface area contributed by atoms with Gasteiger partial charge < -0.3 is 14.8 Å². The number of nitrogens with one attached hydrogen (secondary N) is 1. The van der Waals surface area contributed by atoms with Crippen LogP contribution in [0.25, 0.3) is 10.8 Å². The summed E-state index contributed by atoms with van der Waals surface area (Å²) in [5.41, 5.74) is 0.110. The number of carbonyl (C=O) groups excluding carboxylic acids is 1. The largest absolute Gasteiger partial charge is 0.490 e. The molecule has 1 unspecified atom stereocenters. The maximum absolute atomic E-state index is 13.3. The number of fused-ring (bicyclic) bond motifs is 1. The summed E-state index contributed by atoms with van der Waals surface area (Å²) >= 11 is 0. The molecule has 1 saturated carbocycles. The van der Waals surface area contributed by atoms with Crippen LogP contribution in [0.5, 0.6) is 5.75 Å². The first-order valence-electron chi connectivity index (χ1n) is 10.7. The third-order valence-corrected chi connectivity index (χ3v) is 5.78. The van der Waals surface area contributed by atoms with E-state index in [4.69, 9.17) is 9.47 Å². The number of hydrogen-bond donors (Lipinski definition) is 1. The molecular formula is C24H33NO3. The topological polar surface area (TPSA) is 47.6 Å². The molecule has 28 heavy (non-hydrogen) atoms. The average Bonchev–Trinajstić information content (AvgIpc) is 2.96. The van der Waals surface area contributed by atoms with Crippen molar-refractivity contribution in [3.05, 3.63) is 36.4 Å². The number of anilines is 1. The van der Waals surface area contributed by atoms with E-state index < -0.39 is 5.60 Å². The molecule has 4 heteroatoms. The molecule has 1 aliphatic rings. The SMILES string of the molecule is CCOC1(C(=O)Nc2ccc(OC(C)CC)c3ccccc23)CCCCCC1. The Labute approximate surface area is 168 Å². The van der Waals surface area contributed by atoms with Gasteiger partial charge in [-0.3, -0.25) is 4.79 Å². The number of benzene rings is 2. The third kappa shape index (κ3) is 4.49. The third-order valence-electron chi connectivity index (χ3n) is 5.78. The van der Waals surface area contributed by atoms with Crippen LogP contribution in [0.15, 0.2) is 36.4 Å². The lowest BCUT2D eigenvalue weighted by Crippen LogP contribution is -2.45. The van der Waals surface area contributed by atoms with Crippen LogP contribution in [-0.2, 0) is 9.53 Å². The smallest absolute Gasteiger partial charge is 0.256 e. The molecule has 3 rings (SSSR count). The Morgan fingerprint density at radius 3 is 2.36 bits per heavy atom. The van der Waals surface area contributed by atoms with E-state index in [9.17, 15) is 4.79 Å². The molecule has 0 bridgehead atoms. The lowest BCUT2D eigenvalue weighted by molar-refractivity contribution is -0.143. The van der Waals surface area contributed by atoms with E-state index in [0.29, 0.717) is 6.61 Å². The molecule has 0 radical (unpaired) electrons. The molecule has 0 aromatic heterocycles. The molecule has 0 spiro atoms. The molecule has 4 nitrogen and oxygen atoms in total. The van der Waals surface area contributed by atoms with Crippen molar-refractivity contribution in [2.24, 2.45) is 0 Å². The predicted molar refractivity (Wildman–Crippen MR) is 115 cm³/mol. The highest BCUT2D eigenvalue weighted by Gasteiger charge is 2.39. The van der Waals surface area contributed by atoms with Gasteiger partial charge in [0.05, 0.1) is 6.10 Å².